The molecule has 2 atom stereocenters. The predicted molar refractivity (Wildman–Crippen MR) is 63.8 cm³/mol. The van der Waals surface area contributed by atoms with Crippen molar-refractivity contribution in [3.05, 3.63) is 33.8 Å². The van der Waals surface area contributed by atoms with Gasteiger partial charge in [-0.15, -0.1) is 0 Å². The molecular weight excluding hydrogens is 265 g/mol. The van der Waals surface area contributed by atoms with Crippen molar-refractivity contribution in [1.82, 2.24) is 5.32 Å². The van der Waals surface area contributed by atoms with Gasteiger partial charge >= 0.3 is 5.97 Å². The highest BCUT2D eigenvalue weighted by Crippen LogP contribution is 2.31. The topological polar surface area (TPSA) is 76.3 Å². The Labute approximate surface area is 108 Å². The lowest BCUT2D eigenvalue weighted by atomic mass is 10.00. The summed E-state index contributed by atoms with van der Waals surface area (Å²) in [4.78, 5) is 22.9. The average Bonchev–Trinajstić information content (AvgIpc) is 2.95. The molecule has 0 amide bonds. The SMILES string of the molecule is CC1(C(=O)O)NC1C(=O)c1ccc(Cl)c(Cl)c1. The minimum Gasteiger partial charge on any atom is -0.480 e. The van der Waals surface area contributed by atoms with Crippen LogP contribution in [0.5, 0.6) is 0 Å². The molecule has 1 heterocycles. The molecule has 0 spiro atoms. The van der Waals surface area contributed by atoms with Gasteiger partial charge in [-0.25, -0.2) is 0 Å². The molecule has 90 valence electrons. The summed E-state index contributed by atoms with van der Waals surface area (Å²) in [6, 6.07) is 3.77. The molecule has 2 rings (SSSR count). The number of carbonyl (C=O) groups is 2. The molecule has 2 unspecified atom stereocenters. The molecule has 17 heavy (non-hydrogen) atoms. The summed E-state index contributed by atoms with van der Waals surface area (Å²) in [5.74, 6) is -1.34. The van der Waals surface area contributed by atoms with E-state index in [0.29, 0.717) is 10.6 Å². The van der Waals surface area contributed by atoms with Crippen molar-refractivity contribution in [1.29, 1.82) is 0 Å². The summed E-state index contributed by atoms with van der Waals surface area (Å²) in [5, 5.41) is 12.2. The van der Waals surface area contributed by atoms with Crippen molar-refractivity contribution in [2.24, 2.45) is 0 Å². The van der Waals surface area contributed by atoms with Gasteiger partial charge in [-0.2, -0.15) is 0 Å². The van der Waals surface area contributed by atoms with Crippen molar-refractivity contribution >= 4 is 35.0 Å². The van der Waals surface area contributed by atoms with Crippen molar-refractivity contribution < 1.29 is 14.7 Å². The zero-order valence-corrected chi connectivity index (χ0v) is 10.3. The third-order valence-electron chi connectivity index (χ3n) is 2.85. The van der Waals surface area contributed by atoms with Crippen LogP contribution in [-0.4, -0.2) is 28.4 Å². The fourth-order valence-corrected chi connectivity index (χ4v) is 1.89. The summed E-state index contributed by atoms with van der Waals surface area (Å²) in [7, 11) is 0. The van der Waals surface area contributed by atoms with E-state index in [-0.39, 0.29) is 10.8 Å². The maximum absolute atomic E-state index is 12.0. The van der Waals surface area contributed by atoms with Gasteiger partial charge in [-0.1, -0.05) is 23.2 Å². The van der Waals surface area contributed by atoms with Gasteiger partial charge in [0.05, 0.1) is 10.0 Å². The number of aliphatic carboxylic acids is 1. The number of benzene rings is 1. The van der Waals surface area contributed by atoms with Gasteiger partial charge in [0, 0.05) is 5.56 Å². The molecule has 1 aromatic carbocycles. The van der Waals surface area contributed by atoms with E-state index < -0.39 is 17.6 Å². The zero-order chi connectivity index (χ0) is 12.8. The standard InChI is InChI=1S/C11H9Cl2NO3/c1-11(10(16)17)9(14-11)8(15)5-2-3-6(12)7(13)4-5/h2-4,9,14H,1H3,(H,16,17). The Kier molecular flexibility index (Phi) is 2.89. The Balaban J connectivity index is 2.23. The average molecular weight is 274 g/mol. The van der Waals surface area contributed by atoms with Crippen LogP contribution in [0.25, 0.3) is 0 Å². The van der Waals surface area contributed by atoms with E-state index >= 15 is 0 Å². The number of nitrogens with one attached hydrogen (secondary N) is 1. The van der Waals surface area contributed by atoms with Crippen LogP contribution in [0.1, 0.15) is 17.3 Å². The summed E-state index contributed by atoms with van der Waals surface area (Å²) in [5.41, 5.74) is -0.828. The smallest absolute Gasteiger partial charge is 0.325 e. The molecule has 0 aromatic heterocycles. The fraction of sp³-hybridized carbons (Fsp3) is 0.273. The summed E-state index contributed by atoms with van der Waals surface area (Å²) in [6.45, 7) is 1.47. The summed E-state index contributed by atoms with van der Waals surface area (Å²) in [6.07, 6.45) is 0. The lowest BCUT2D eigenvalue weighted by Gasteiger charge is -2.03. The van der Waals surface area contributed by atoms with Crippen LogP contribution < -0.4 is 5.32 Å². The molecule has 6 heteroatoms. The zero-order valence-electron chi connectivity index (χ0n) is 8.83. The van der Waals surface area contributed by atoms with Crippen LogP contribution in [0.4, 0.5) is 0 Å². The van der Waals surface area contributed by atoms with E-state index in [2.05, 4.69) is 5.32 Å². The third kappa shape index (κ3) is 2.04. The van der Waals surface area contributed by atoms with Gasteiger partial charge in [-0.3, -0.25) is 14.9 Å². The number of hydrogen-bond acceptors (Lipinski definition) is 3. The highest BCUT2D eigenvalue weighted by Gasteiger charge is 2.60. The van der Waals surface area contributed by atoms with Gasteiger partial charge in [0.2, 0.25) is 0 Å². The molecule has 1 aliphatic heterocycles. The van der Waals surface area contributed by atoms with Crippen LogP contribution >= 0.6 is 23.2 Å². The van der Waals surface area contributed by atoms with Crippen molar-refractivity contribution in [2.45, 2.75) is 18.5 Å². The summed E-state index contributed by atoms with van der Waals surface area (Å²) < 4.78 is 0. The largest absolute Gasteiger partial charge is 0.480 e. The van der Waals surface area contributed by atoms with Crippen LogP contribution in [0.2, 0.25) is 10.0 Å². The normalized spacial score (nSPS) is 26.6. The number of carboxylic acids is 1. The Bertz CT molecular complexity index is 517. The van der Waals surface area contributed by atoms with E-state index in [4.69, 9.17) is 28.3 Å². The second-order valence-corrected chi connectivity index (χ2v) is 4.89. The summed E-state index contributed by atoms with van der Waals surface area (Å²) >= 11 is 11.5. The van der Waals surface area contributed by atoms with E-state index in [9.17, 15) is 9.59 Å². The Morgan fingerprint density at radius 2 is 2.00 bits per heavy atom. The van der Waals surface area contributed by atoms with Crippen LogP contribution in [0, 0.1) is 0 Å². The number of carbonyl (C=O) groups excluding carboxylic acids is 1. The monoisotopic (exact) mass is 273 g/mol. The number of halogens is 2. The first-order valence-corrected chi connectivity index (χ1v) is 5.62. The maximum atomic E-state index is 12.0. The fourth-order valence-electron chi connectivity index (χ4n) is 1.59. The second-order valence-electron chi connectivity index (χ2n) is 4.08. The molecule has 4 nitrogen and oxygen atoms in total. The van der Waals surface area contributed by atoms with Gasteiger partial charge in [0.25, 0.3) is 0 Å². The first-order chi connectivity index (χ1) is 7.86. The molecular formula is C11H9Cl2NO3. The minimum atomic E-state index is -1.18. The van der Waals surface area contributed by atoms with Gasteiger partial charge in [0.1, 0.15) is 11.6 Å². The molecule has 0 radical (unpaired) electrons. The highest BCUT2D eigenvalue weighted by molar-refractivity contribution is 6.42. The third-order valence-corrected chi connectivity index (χ3v) is 3.59. The Morgan fingerprint density at radius 3 is 2.47 bits per heavy atom. The Morgan fingerprint density at radius 1 is 1.35 bits per heavy atom. The molecule has 1 aliphatic rings. The molecule has 0 aliphatic carbocycles. The maximum Gasteiger partial charge on any atom is 0.325 e. The first kappa shape index (κ1) is 12.4. The number of rotatable bonds is 3. The molecule has 2 N–H and O–H groups in total. The minimum absolute atomic E-state index is 0.273. The lowest BCUT2D eigenvalue weighted by Crippen LogP contribution is -2.27. The predicted octanol–water partition coefficient (Wildman–Crippen LogP) is 1.99. The molecule has 0 saturated carbocycles. The van der Waals surface area contributed by atoms with Crippen molar-refractivity contribution in [3.8, 4) is 0 Å². The highest BCUT2D eigenvalue weighted by atomic mass is 35.5. The second kappa shape index (κ2) is 3.98. The van der Waals surface area contributed by atoms with Crippen molar-refractivity contribution in [3.63, 3.8) is 0 Å². The van der Waals surface area contributed by atoms with Crippen LogP contribution in [0.15, 0.2) is 18.2 Å². The molecule has 1 aromatic rings. The van der Waals surface area contributed by atoms with E-state index in [1.54, 1.807) is 0 Å². The quantitative estimate of drug-likeness (QED) is 0.652. The van der Waals surface area contributed by atoms with E-state index in [1.807, 2.05) is 0 Å². The van der Waals surface area contributed by atoms with Crippen LogP contribution in [-0.2, 0) is 4.79 Å². The molecule has 1 saturated heterocycles. The number of ketones is 1. The van der Waals surface area contributed by atoms with Gasteiger partial charge in [0.15, 0.2) is 5.78 Å². The van der Waals surface area contributed by atoms with E-state index in [0.717, 1.165) is 0 Å². The van der Waals surface area contributed by atoms with Crippen molar-refractivity contribution in [2.75, 3.05) is 0 Å². The molecule has 0 bridgehead atoms. The van der Waals surface area contributed by atoms with E-state index in [1.165, 1.54) is 25.1 Å². The number of Topliss-reactive ketones (excluding diaryl/α,β-unsaturated/α-hetero) is 1. The van der Waals surface area contributed by atoms with Crippen LogP contribution in [0.3, 0.4) is 0 Å². The van der Waals surface area contributed by atoms with Gasteiger partial charge < -0.3 is 5.11 Å². The number of hydrogen-bond donors (Lipinski definition) is 2. The number of carboxylic acid groups (broad SMARTS) is 1. The molecule has 1 fully saturated rings. The Hall–Kier alpha value is -1.10. The first-order valence-electron chi connectivity index (χ1n) is 4.86. The van der Waals surface area contributed by atoms with Gasteiger partial charge in [-0.05, 0) is 25.1 Å². The lowest BCUT2D eigenvalue weighted by molar-refractivity contribution is -0.139.